The first-order chi connectivity index (χ1) is 15.0. The summed E-state index contributed by atoms with van der Waals surface area (Å²) >= 11 is 0. The molecular weight excluding hydrogens is 414 g/mol. The number of morpholine rings is 1. The highest BCUT2D eigenvalue weighted by Gasteiger charge is 2.26. The van der Waals surface area contributed by atoms with Crippen LogP contribution in [0.15, 0.2) is 53.4 Å². The van der Waals surface area contributed by atoms with Crippen molar-refractivity contribution in [3.63, 3.8) is 0 Å². The van der Waals surface area contributed by atoms with Crippen molar-refractivity contribution in [3.8, 4) is 0 Å². The number of hydrogen-bond donors (Lipinski definition) is 1. The predicted octanol–water partition coefficient (Wildman–Crippen LogP) is 2.63. The number of sulfonamides is 1. The number of rotatable bonds is 6. The lowest BCUT2D eigenvalue weighted by Crippen LogP contribution is -2.40. The zero-order chi connectivity index (χ0) is 21.7. The summed E-state index contributed by atoms with van der Waals surface area (Å²) in [5, 5.41) is 2.91. The molecule has 2 aliphatic heterocycles. The average Bonchev–Trinajstić information content (AvgIpc) is 2.84. The third-order valence-electron chi connectivity index (χ3n) is 5.83. The van der Waals surface area contributed by atoms with Crippen LogP contribution in [0.2, 0.25) is 0 Å². The molecular formula is C23H29N3O4S. The van der Waals surface area contributed by atoms with E-state index in [1.54, 1.807) is 12.1 Å². The second kappa shape index (κ2) is 9.80. The molecule has 0 bridgehead atoms. The van der Waals surface area contributed by atoms with E-state index in [1.165, 1.54) is 41.4 Å². The fraction of sp³-hybridized carbons (Fsp3) is 0.435. The second-order valence-corrected chi connectivity index (χ2v) is 9.88. The molecule has 2 aromatic carbocycles. The number of benzene rings is 2. The van der Waals surface area contributed by atoms with E-state index in [9.17, 15) is 13.2 Å². The summed E-state index contributed by atoms with van der Waals surface area (Å²) < 4.78 is 32.0. The van der Waals surface area contributed by atoms with Crippen molar-refractivity contribution in [2.45, 2.75) is 30.7 Å². The summed E-state index contributed by atoms with van der Waals surface area (Å²) in [6.45, 7) is 4.13. The van der Waals surface area contributed by atoms with Crippen molar-refractivity contribution in [1.29, 1.82) is 0 Å². The number of amides is 1. The Morgan fingerprint density at radius 1 is 0.871 bits per heavy atom. The molecule has 0 aromatic heterocycles. The Labute approximate surface area is 184 Å². The fourth-order valence-electron chi connectivity index (χ4n) is 3.98. The zero-order valence-corrected chi connectivity index (χ0v) is 18.4. The first-order valence-corrected chi connectivity index (χ1v) is 12.3. The van der Waals surface area contributed by atoms with Crippen molar-refractivity contribution >= 4 is 21.6 Å². The van der Waals surface area contributed by atoms with Gasteiger partial charge in [-0.3, -0.25) is 4.79 Å². The molecule has 2 fully saturated rings. The van der Waals surface area contributed by atoms with Gasteiger partial charge >= 0.3 is 0 Å². The highest BCUT2D eigenvalue weighted by Crippen LogP contribution is 2.21. The van der Waals surface area contributed by atoms with E-state index in [4.69, 9.17) is 4.74 Å². The van der Waals surface area contributed by atoms with Gasteiger partial charge in [0.25, 0.3) is 5.91 Å². The molecule has 1 N–H and O–H groups in total. The summed E-state index contributed by atoms with van der Waals surface area (Å²) in [5.74, 6) is -0.226. The lowest BCUT2D eigenvalue weighted by molar-refractivity contribution is 0.0730. The maximum Gasteiger partial charge on any atom is 0.251 e. The summed E-state index contributed by atoms with van der Waals surface area (Å²) in [6.07, 6.45) is 3.79. The number of hydrogen-bond acceptors (Lipinski definition) is 5. The molecule has 0 radical (unpaired) electrons. The topological polar surface area (TPSA) is 79.0 Å². The molecule has 0 aliphatic carbocycles. The Hall–Kier alpha value is -2.42. The fourth-order valence-corrected chi connectivity index (χ4v) is 5.38. The lowest BCUT2D eigenvalue weighted by Gasteiger charge is -2.28. The van der Waals surface area contributed by atoms with Crippen molar-refractivity contribution in [2.75, 3.05) is 44.3 Å². The van der Waals surface area contributed by atoms with Gasteiger partial charge in [-0.05, 0) is 61.2 Å². The lowest BCUT2D eigenvalue weighted by atomic mass is 10.1. The molecule has 4 rings (SSSR count). The minimum atomic E-state index is -3.56. The summed E-state index contributed by atoms with van der Waals surface area (Å²) in [6, 6.07) is 14.4. The molecule has 8 heteroatoms. The van der Waals surface area contributed by atoms with Crippen LogP contribution >= 0.6 is 0 Å². The van der Waals surface area contributed by atoms with Gasteiger partial charge in [-0.2, -0.15) is 4.31 Å². The number of carbonyl (C=O) groups excluding carboxylic acids is 1. The number of nitrogens with zero attached hydrogens (tertiary/aromatic N) is 2. The van der Waals surface area contributed by atoms with Gasteiger partial charge in [0.05, 0.1) is 18.1 Å². The van der Waals surface area contributed by atoms with Crippen LogP contribution < -0.4 is 10.2 Å². The van der Waals surface area contributed by atoms with E-state index in [-0.39, 0.29) is 10.8 Å². The Morgan fingerprint density at radius 3 is 2.16 bits per heavy atom. The van der Waals surface area contributed by atoms with Crippen LogP contribution in [0.5, 0.6) is 0 Å². The average molecular weight is 444 g/mol. The van der Waals surface area contributed by atoms with E-state index in [1.807, 2.05) is 12.1 Å². The maximum absolute atomic E-state index is 12.7. The minimum absolute atomic E-state index is 0.194. The number of anilines is 1. The minimum Gasteiger partial charge on any atom is -0.379 e. The zero-order valence-electron chi connectivity index (χ0n) is 17.6. The number of nitrogens with one attached hydrogen (secondary N) is 1. The van der Waals surface area contributed by atoms with Crippen LogP contribution in [-0.2, 0) is 21.3 Å². The Balaban J connectivity index is 1.33. The molecule has 0 atom stereocenters. The quantitative estimate of drug-likeness (QED) is 0.743. The smallest absolute Gasteiger partial charge is 0.251 e. The van der Waals surface area contributed by atoms with Gasteiger partial charge in [-0.25, -0.2) is 8.42 Å². The molecule has 166 valence electrons. The van der Waals surface area contributed by atoms with E-state index in [2.05, 4.69) is 22.3 Å². The maximum atomic E-state index is 12.7. The molecule has 0 spiro atoms. The third kappa shape index (κ3) is 5.26. The van der Waals surface area contributed by atoms with Gasteiger partial charge < -0.3 is 15.0 Å². The van der Waals surface area contributed by atoms with Gasteiger partial charge in [0, 0.05) is 44.0 Å². The molecule has 2 saturated heterocycles. The van der Waals surface area contributed by atoms with Crippen molar-refractivity contribution in [3.05, 3.63) is 59.7 Å². The molecule has 2 aromatic rings. The van der Waals surface area contributed by atoms with E-state index >= 15 is 0 Å². The molecule has 2 heterocycles. The van der Waals surface area contributed by atoms with Gasteiger partial charge in [0.15, 0.2) is 0 Å². The number of piperidine rings is 1. The Morgan fingerprint density at radius 2 is 1.52 bits per heavy atom. The normalized spacial score (nSPS) is 18.0. The predicted molar refractivity (Wildman–Crippen MR) is 120 cm³/mol. The van der Waals surface area contributed by atoms with E-state index in [0.29, 0.717) is 38.4 Å². The standard InChI is InChI=1S/C23H29N3O4S/c27-23(24-18-19-4-8-21(9-5-19)25-12-2-1-3-13-25)20-6-10-22(11-7-20)31(28,29)26-14-16-30-17-15-26/h4-11H,1-3,12-18H2,(H,24,27). The van der Waals surface area contributed by atoms with Gasteiger partial charge in [0.1, 0.15) is 0 Å². The number of ether oxygens (including phenoxy) is 1. The molecule has 0 unspecified atom stereocenters. The van der Waals surface area contributed by atoms with Gasteiger partial charge in [0.2, 0.25) is 10.0 Å². The van der Waals surface area contributed by atoms with Crippen LogP contribution in [0, 0.1) is 0 Å². The first kappa shape index (κ1) is 21.8. The summed E-state index contributed by atoms with van der Waals surface area (Å²) in [5.41, 5.74) is 2.69. The van der Waals surface area contributed by atoms with Crippen LogP contribution in [0.25, 0.3) is 0 Å². The highest BCUT2D eigenvalue weighted by atomic mass is 32.2. The highest BCUT2D eigenvalue weighted by molar-refractivity contribution is 7.89. The van der Waals surface area contributed by atoms with Crippen LogP contribution in [-0.4, -0.2) is 58.0 Å². The van der Waals surface area contributed by atoms with Gasteiger partial charge in [-0.15, -0.1) is 0 Å². The van der Waals surface area contributed by atoms with Crippen LogP contribution in [0.1, 0.15) is 35.2 Å². The molecule has 7 nitrogen and oxygen atoms in total. The monoisotopic (exact) mass is 443 g/mol. The Kier molecular flexibility index (Phi) is 6.89. The van der Waals surface area contributed by atoms with Crippen LogP contribution in [0.3, 0.4) is 0 Å². The summed E-state index contributed by atoms with van der Waals surface area (Å²) in [4.78, 5) is 15.1. The van der Waals surface area contributed by atoms with Gasteiger partial charge in [-0.1, -0.05) is 12.1 Å². The van der Waals surface area contributed by atoms with Crippen molar-refractivity contribution < 1.29 is 17.9 Å². The molecule has 1 amide bonds. The summed E-state index contributed by atoms with van der Waals surface area (Å²) in [7, 11) is -3.56. The molecule has 2 aliphatic rings. The number of carbonyl (C=O) groups is 1. The molecule has 0 saturated carbocycles. The first-order valence-electron chi connectivity index (χ1n) is 10.8. The molecule has 31 heavy (non-hydrogen) atoms. The van der Waals surface area contributed by atoms with Crippen molar-refractivity contribution in [1.82, 2.24) is 9.62 Å². The van der Waals surface area contributed by atoms with Crippen molar-refractivity contribution in [2.24, 2.45) is 0 Å². The SMILES string of the molecule is O=C(NCc1ccc(N2CCCCC2)cc1)c1ccc(S(=O)(=O)N2CCOCC2)cc1. The Bertz CT molecular complexity index is 978. The third-order valence-corrected chi connectivity index (χ3v) is 7.75. The van der Waals surface area contributed by atoms with E-state index < -0.39 is 10.0 Å². The second-order valence-electron chi connectivity index (χ2n) is 7.94. The largest absolute Gasteiger partial charge is 0.379 e. The van der Waals surface area contributed by atoms with E-state index in [0.717, 1.165) is 18.7 Å². The van der Waals surface area contributed by atoms with Crippen LogP contribution in [0.4, 0.5) is 5.69 Å².